The standard InChI is InChI=1S/C12H19FN2S/c1-14-9-10-6-11(13)8-12(7-10)16-5-4-15(2)3/h6-8,14H,4-5,9H2,1-3H3. The van der Waals surface area contributed by atoms with E-state index in [2.05, 4.69) is 10.2 Å². The van der Waals surface area contributed by atoms with Crippen LogP contribution in [0.4, 0.5) is 4.39 Å². The Morgan fingerprint density at radius 1 is 1.31 bits per heavy atom. The van der Waals surface area contributed by atoms with Crippen LogP contribution in [0.15, 0.2) is 23.1 Å². The maximum Gasteiger partial charge on any atom is 0.124 e. The highest BCUT2D eigenvalue weighted by molar-refractivity contribution is 7.99. The summed E-state index contributed by atoms with van der Waals surface area (Å²) in [7, 11) is 5.95. The van der Waals surface area contributed by atoms with Gasteiger partial charge in [-0.2, -0.15) is 0 Å². The molecule has 0 aromatic heterocycles. The highest BCUT2D eigenvalue weighted by Crippen LogP contribution is 2.20. The monoisotopic (exact) mass is 242 g/mol. The number of hydrogen-bond donors (Lipinski definition) is 1. The molecule has 0 fully saturated rings. The summed E-state index contributed by atoms with van der Waals surface area (Å²) in [6.07, 6.45) is 0. The van der Waals surface area contributed by atoms with Gasteiger partial charge < -0.3 is 10.2 Å². The minimum atomic E-state index is -0.153. The third-order valence-electron chi connectivity index (χ3n) is 2.12. The Kier molecular flexibility index (Phi) is 5.80. The Labute approximate surface area is 101 Å². The van der Waals surface area contributed by atoms with Crippen molar-refractivity contribution in [3.05, 3.63) is 29.6 Å². The van der Waals surface area contributed by atoms with Gasteiger partial charge in [-0.15, -0.1) is 11.8 Å². The molecule has 0 heterocycles. The molecular weight excluding hydrogens is 223 g/mol. The van der Waals surface area contributed by atoms with E-state index in [1.165, 1.54) is 0 Å². The van der Waals surface area contributed by atoms with Gasteiger partial charge in [-0.25, -0.2) is 4.39 Å². The van der Waals surface area contributed by atoms with E-state index in [1.54, 1.807) is 23.9 Å². The first kappa shape index (κ1) is 13.5. The Hall–Kier alpha value is -0.580. The summed E-state index contributed by atoms with van der Waals surface area (Å²) in [6.45, 7) is 1.71. The predicted molar refractivity (Wildman–Crippen MR) is 68.4 cm³/mol. The van der Waals surface area contributed by atoms with Gasteiger partial charge in [-0.3, -0.25) is 0 Å². The minimum Gasteiger partial charge on any atom is -0.316 e. The zero-order chi connectivity index (χ0) is 12.0. The number of nitrogens with one attached hydrogen (secondary N) is 1. The van der Waals surface area contributed by atoms with E-state index in [9.17, 15) is 4.39 Å². The Morgan fingerprint density at radius 2 is 2.06 bits per heavy atom. The van der Waals surface area contributed by atoms with Gasteiger partial charge in [0.2, 0.25) is 0 Å². The van der Waals surface area contributed by atoms with Crippen LogP contribution in [-0.2, 0) is 6.54 Å². The van der Waals surface area contributed by atoms with Crippen molar-refractivity contribution in [2.45, 2.75) is 11.4 Å². The Morgan fingerprint density at radius 3 is 2.69 bits per heavy atom. The summed E-state index contributed by atoms with van der Waals surface area (Å²) in [5, 5.41) is 3.03. The number of hydrogen-bond acceptors (Lipinski definition) is 3. The van der Waals surface area contributed by atoms with Crippen molar-refractivity contribution in [1.29, 1.82) is 0 Å². The summed E-state index contributed by atoms with van der Waals surface area (Å²) >= 11 is 1.69. The fraction of sp³-hybridized carbons (Fsp3) is 0.500. The maximum atomic E-state index is 13.3. The zero-order valence-electron chi connectivity index (χ0n) is 10.1. The van der Waals surface area contributed by atoms with Gasteiger partial charge in [0.1, 0.15) is 5.82 Å². The van der Waals surface area contributed by atoms with Crippen molar-refractivity contribution in [3.8, 4) is 0 Å². The van der Waals surface area contributed by atoms with E-state index in [-0.39, 0.29) is 5.82 Å². The average molecular weight is 242 g/mol. The predicted octanol–water partition coefficient (Wildman–Crippen LogP) is 2.20. The lowest BCUT2D eigenvalue weighted by Crippen LogP contribution is -2.14. The number of halogens is 1. The quantitative estimate of drug-likeness (QED) is 0.770. The lowest BCUT2D eigenvalue weighted by Gasteiger charge is -2.09. The lowest BCUT2D eigenvalue weighted by atomic mass is 10.2. The molecule has 0 unspecified atom stereocenters. The normalized spacial score (nSPS) is 11.1. The topological polar surface area (TPSA) is 15.3 Å². The smallest absolute Gasteiger partial charge is 0.124 e. The molecule has 0 spiro atoms. The van der Waals surface area contributed by atoms with E-state index in [0.29, 0.717) is 6.54 Å². The third-order valence-corrected chi connectivity index (χ3v) is 3.07. The molecular formula is C12H19FN2S. The van der Waals surface area contributed by atoms with Crippen molar-refractivity contribution in [2.24, 2.45) is 0 Å². The van der Waals surface area contributed by atoms with Gasteiger partial charge in [-0.05, 0) is 44.9 Å². The molecule has 0 atom stereocenters. The van der Waals surface area contributed by atoms with E-state index in [4.69, 9.17) is 0 Å². The second-order valence-electron chi connectivity index (χ2n) is 3.98. The highest BCUT2D eigenvalue weighted by Gasteiger charge is 2.01. The number of thioether (sulfide) groups is 1. The van der Waals surface area contributed by atoms with Crippen molar-refractivity contribution < 1.29 is 4.39 Å². The third kappa shape index (κ3) is 4.96. The molecule has 0 aliphatic rings. The molecule has 0 aliphatic carbocycles. The largest absolute Gasteiger partial charge is 0.316 e. The molecule has 4 heteroatoms. The van der Waals surface area contributed by atoms with Crippen molar-refractivity contribution in [1.82, 2.24) is 10.2 Å². The SMILES string of the molecule is CNCc1cc(F)cc(SCCN(C)C)c1. The number of rotatable bonds is 6. The van der Waals surface area contributed by atoms with Crippen LogP contribution in [0.2, 0.25) is 0 Å². The van der Waals surface area contributed by atoms with Crippen LogP contribution >= 0.6 is 11.8 Å². The molecule has 1 rings (SSSR count). The summed E-state index contributed by atoms with van der Waals surface area (Å²) in [5.74, 6) is 0.829. The number of nitrogens with zero attached hydrogens (tertiary/aromatic N) is 1. The molecule has 0 bridgehead atoms. The first-order valence-electron chi connectivity index (χ1n) is 5.33. The van der Waals surface area contributed by atoms with Crippen LogP contribution in [0, 0.1) is 5.82 Å². The van der Waals surface area contributed by atoms with Gasteiger partial charge in [0, 0.05) is 23.7 Å². The van der Waals surface area contributed by atoms with Gasteiger partial charge in [0.25, 0.3) is 0 Å². The van der Waals surface area contributed by atoms with E-state index >= 15 is 0 Å². The summed E-state index contributed by atoms with van der Waals surface area (Å²) in [4.78, 5) is 3.13. The van der Waals surface area contributed by atoms with Crippen LogP contribution in [0.1, 0.15) is 5.56 Å². The highest BCUT2D eigenvalue weighted by atomic mass is 32.2. The van der Waals surface area contributed by atoms with Gasteiger partial charge >= 0.3 is 0 Å². The molecule has 0 aliphatic heterocycles. The van der Waals surface area contributed by atoms with Gasteiger partial charge in [-0.1, -0.05) is 0 Å². The molecule has 1 N–H and O–H groups in total. The van der Waals surface area contributed by atoms with Gasteiger partial charge in [0.15, 0.2) is 0 Å². The molecule has 1 aromatic carbocycles. The Bertz CT molecular complexity index is 329. The molecule has 2 nitrogen and oxygen atoms in total. The van der Waals surface area contributed by atoms with Crippen LogP contribution in [0.3, 0.4) is 0 Å². The molecule has 1 aromatic rings. The van der Waals surface area contributed by atoms with Crippen LogP contribution in [0.25, 0.3) is 0 Å². The summed E-state index contributed by atoms with van der Waals surface area (Å²) < 4.78 is 13.3. The molecule has 0 saturated heterocycles. The van der Waals surface area contributed by atoms with Crippen molar-refractivity contribution >= 4 is 11.8 Å². The second-order valence-corrected chi connectivity index (χ2v) is 5.15. The molecule has 0 amide bonds. The average Bonchev–Trinajstić information content (AvgIpc) is 2.16. The van der Waals surface area contributed by atoms with Crippen molar-refractivity contribution in [2.75, 3.05) is 33.4 Å². The molecule has 90 valence electrons. The summed E-state index contributed by atoms with van der Waals surface area (Å²) in [6, 6.07) is 5.21. The first-order valence-corrected chi connectivity index (χ1v) is 6.32. The first-order chi connectivity index (χ1) is 7.61. The fourth-order valence-electron chi connectivity index (χ4n) is 1.36. The zero-order valence-corrected chi connectivity index (χ0v) is 10.9. The summed E-state index contributed by atoms with van der Waals surface area (Å²) in [5.41, 5.74) is 0.995. The van der Waals surface area contributed by atoms with E-state index < -0.39 is 0 Å². The minimum absolute atomic E-state index is 0.153. The van der Waals surface area contributed by atoms with Crippen LogP contribution in [-0.4, -0.2) is 38.3 Å². The Balaban J connectivity index is 2.58. The lowest BCUT2D eigenvalue weighted by molar-refractivity contribution is 0.437. The maximum absolute atomic E-state index is 13.3. The molecule has 0 radical (unpaired) electrons. The van der Waals surface area contributed by atoms with Crippen molar-refractivity contribution in [3.63, 3.8) is 0 Å². The second kappa shape index (κ2) is 6.89. The molecule has 16 heavy (non-hydrogen) atoms. The fourth-order valence-corrected chi connectivity index (χ4v) is 2.48. The molecule has 0 saturated carbocycles. The van der Waals surface area contributed by atoms with Gasteiger partial charge in [0.05, 0.1) is 0 Å². The number of benzene rings is 1. The van der Waals surface area contributed by atoms with Crippen LogP contribution < -0.4 is 5.32 Å². The van der Waals surface area contributed by atoms with E-state index in [1.807, 2.05) is 27.2 Å². The van der Waals surface area contributed by atoms with Crippen LogP contribution in [0.5, 0.6) is 0 Å². The van der Waals surface area contributed by atoms with E-state index in [0.717, 1.165) is 22.8 Å².